The molecule has 0 saturated carbocycles. The van der Waals surface area contributed by atoms with Crippen LogP contribution >= 0.6 is 0 Å². The molecule has 4 nitrogen and oxygen atoms in total. The van der Waals surface area contributed by atoms with Crippen molar-refractivity contribution >= 4 is 6.03 Å². The summed E-state index contributed by atoms with van der Waals surface area (Å²) in [6.07, 6.45) is 2.24. The number of amides is 2. The second-order valence-electron chi connectivity index (χ2n) is 3.39. The molecule has 1 rings (SSSR count). The van der Waals surface area contributed by atoms with E-state index in [9.17, 15) is 4.79 Å². The van der Waals surface area contributed by atoms with Crippen LogP contribution in [-0.4, -0.2) is 6.03 Å². The summed E-state index contributed by atoms with van der Waals surface area (Å²) in [7, 11) is 0. The molecule has 4 N–H and O–H groups in total. The first-order valence-electron chi connectivity index (χ1n) is 5.08. The van der Waals surface area contributed by atoms with E-state index in [1.165, 1.54) is 5.56 Å². The van der Waals surface area contributed by atoms with Crippen molar-refractivity contribution in [2.24, 2.45) is 5.84 Å². The Kier molecular flexibility index (Phi) is 4.63. The molecule has 0 aliphatic heterocycles. The number of carbonyl (C=O) groups excluding carboxylic acids is 1. The van der Waals surface area contributed by atoms with Gasteiger partial charge in [0.25, 0.3) is 0 Å². The maximum atomic E-state index is 10.8. The van der Waals surface area contributed by atoms with Crippen LogP contribution < -0.4 is 16.6 Å². The smallest absolute Gasteiger partial charge is 0.329 e. The molecule has 0 bridgehead atoms. The predicted octanol–water partition coefficient (Wildman–Crippen LogP) is 1.31. The molecule has 0 radical (unpaired) electrons. The molecule has 82 valence electrons. The van der Waals surface area contributed by atoms with Gasteiger partial charge in [-0.2, -0.15) is 0 Å². The number of urea groups is 1. The zero-order chi connectivity index (χ0) is 11.1. The average Bonchev–Trinajstić information content (AvgIpc) is 2.28. The molecule has 2 amide bonds. The van der Waals surface area contributed by atoms with Gasteiger partial charge in [0.1, 0.15) is 0 Å². The maximum absolute atomic E-state index is 10.8. The Morgan fingerprint density at radius 3 is 2.40 bits per heavy atom. The number of nitrogens with one attached hydrogen (secondary N) is 2. The van der Waals surface area contributed by atoms with E-state index in [4.69, 9.17) is 5.84 Å². The Morgan fingerprint density at radius 2 is 1.87 bits per heavy atom. The lowest BCUT2D eigenvalue weighted by Gasteiger charge is -2.05. The van der Waals surface area contributed by atoms with Crippen LogP contribution in [0.15, 0.2) is 24.3 Å². The van der Waals surface area contributed by atoms with E-state index in [0.717, 1.165) is 18.4 Å². The molecular weight excluding hydrogens is 190 g/mol. The van der Waals surface area contributed by atoms with Crippen LogP contribution in [0.5, 0.6) is 0 Å². The van der Waals surface area contributed by atoms with E-state index >= 15 is 0 Å². The average molecular weight is 207 g/mol. The van der Waals surface area contributed by atoms with E-state index in [0.29, 0.717) is 6.54 Å². The van der Waals surface area contributed by atoms with E-state index in [-0.39, 0.29) is 6.03 Å². The lowest BCUT2D eigenvalue weighted by atomic mass is 10.1. The number of carbonyl (C=O) groups is 1. The van der Waals surface area contributed by atoms with Gasteiger partial charge in [-0.05, 0) is 17.5 Å². The molecule has 0 aliphatic carbocycles. The maximum Gasteiger partial charge on any atom is 0.329 e. The molecular formula is C11H17N3O. The van der Waals surface area contributed by atoms with Crippen LogP contribution in [0.25, 0.3) is 0 Å². The molecule has 0 heterocycles. The fourth-order valence-corrected chi connectivity index (χ4v) is 1.35. The van der Waals surface area contributed by atoms with Crippen molar-refractivity contribution in [3.8, 4) is 0 Å². The first-order chi connectivity index (χ1) is 7.26. The third-order valence-electron chi connectivity index (χ3n) is 2.15. The Morgan fingerprint density at radius 1 is 1.27 bits per heavy atom. The SMILES string of the molecule is CCCc1ccc(CNC(=O)NN)cc1. The van der Waals surface area contributed by atoms with Gasteiger partial charge in [-0.15, -0.1) is 0 Å². The van der Waals surface area contributed by atoms with Crippen molar-refractivity contribution in [2.75, 3.05) is 0 Å². The van der Waals surface area contributed by atoms with E-state index in [1.807, 2.05) is 17.6 Å². The van der Waals surface area contributed by atoms with Crippen molar-refractivity contribution in [3.63, 3.8) is 0 Å². The standard InChI is InChI=1S/C11H17N3O/c1-2-3-9-4-6-10(7-5-9)8-13-11(15)14-12/h4-7H,2-3,8,12H2,1H3,(H2,13,14,15). The van der Waals surface area contributed by atoms with Gasteiger partial charge >= 0.3 is 6.03 Å². The number of nitrogens with two attached hydrogens (primary N) is 1. The fourth-order valence-electron chi connectivity index (χ4n) is 1.35. The lowest BCUT2D eigenvalue weighted by molar-refractivity contribution is 0.241. The predicted molar refractivity (Wildman–Crippen MR) is 60.0 cm³/mol. The van der Waals surface area contributed by atoms with Crippen LogP contribution in [0.1, 0.15) is 24.5 Å². The second kappa shape index (κ2) is 6.03. The number of rotatable bonds is 4. The van der Waals surface area contributed by atoms with Crippen LogP contribution in [0.2, 0.25) is 0 Å². The Balaban J connectivity index is 2.45. The summed E-state index contributed by atoms with van der Waals surface area (Å²) in [6, 6.07) is 7.83. The molecule has 4 heteroatoms. The van der Waals surface area contributed by atoms with Gasteiger partial charge in [0.05, 0.1) is 0 Å². The highest BCUT2D eigenvalue weighted by atomic mass is 16.2. The third-order valence-corrected chi connectivity index (χ3v) is 2.15. The topological polar surface area (TPSA) is 67.2 Å². The Bertz CT molecular complexity index is 308. The van der Waals surface area contributed by atoms with Crippen molar-refractivity contribution in [1.82, 2.24) is 10.7 Å². The van der Waals surface area contributed by atoms with Crippen molar-refractivity contribution in [3.05, 3.63) is 35.4 Å². The van der Waals surface area contributed by atoms with Crippen LogP contribution in [0, 0.1) is 0 Å². The number of hydrogen-bond acceptors (Lipinski definition) is 2. The molecule has 0 unspecified atom stereocenters. The number of hydrogen-bond donors (Lipinski definition) is 3. The van der Waals surface area contributed by atoms with Crippen LogP contribution in [0.3, 0.4) is 0 Å². The van der Waals surface area contributed by atoms with Crippen molar-refractivity contribution < 1.29 is 4.79 Å². The van der Waals surface area contributed by atoms with Crippen LogP contribution in [0.4, 0.5) is 4.79 Å². The van der Waals surface area contributed by atoms with Gasteiger partial charge in [-0.3, -0.25) is 5.43 Å². The second-order valence-corrected chi connectivity index (χ2v) is 3.39. The highest BCUT2D eigenvalue weighted by Crippen LogP contribution is 2.06. The minimum atomic E-state index is -0.368. The minimum Gasteiger partial charge on any atom is -0.333 e. The van der Waals surface area contributed by atoms with E-state index in [2.05, 4.69) is 24.4 Å². The third kappa shape index (κ3) is 3.99. The quantitative estimate of drug-likeness (QED) is 0.396. The first kappa shape index (κ1) is 11.5. The molecule has 0 aromatic heterocycles. The Hall–Kier alpha value is -1.55. The number of aryl methyl sites for hydroxylation is 1. The van der Waals surface area contributed by atoms with Gasteiger partial charge in [-0.1, -0.05) is 37.6 Å². The number of hydrazine groups is 1. The van der Waals surface area contributed by atoms with Crippen LogP contribution in [-0.2, 0) is 13.0 Å². The minimum absolute atomic E-state index is 0.368. The van der Waals surface area contributed by atoms with Gasteiger partial charge in [0, 0.05) is 6.54 Å². The summed E-state index contributed by atoms with van der Waals surface area (Å²) in [4.78, 5) is 10.8. The molecule has 0 saturated heterocycles. The normalized spacial score (nSPS) is 9.73. The molecule has 15 heavy (non-hydrogen) atoms. The summed E-state index contributed by atoms with van der Waals surface area (Å²) < 4.78 is 0. The molecule has 0 spiro atoms. The lowest BCUT2D eigenvalue weighted by Crippen LogP contribution is -2.39. The zero-order valence-corrected chi connectivity index (χ0v) is 8.92. The summed E-state index contributed by atoms with van der Waals surface area (Å²) in [5.74, 6) is 4.94. The van der Waals surface area contributed by atoms with Crippen molar-refractivity contribution in [2.45, 2.75) is 26.3 Å². The van der Waals surface area contributed by atoms with E-state index in [1.54, 1.807) is 0 Å². The molecule has 0 aliphatic rings. The zero-order valence-electron chi connectivity index (χ0n) is 8.92. The van der Waals surface area contributed by atoms with Gasteiger partial charge in [0.15, 0.2) is 0 Å². The summed E-state index contributed by atoms with van der Waals surface area (Å²) in [6.45, 7) is 2.65. The van der Waals surface area contributed by atoms with Gasteiger partial charge < -0.3 is 5.32 Å². The molecule has 1 aromatic rings. The highest BCUT2D eigenvalue weighted by molar-refractivity contribution is 5.72. The summed E-state index contributed by atoms with van der Waals surface area (Å²) in [5, 5.41) is 2.63. The summed E-state index contributed by atoms with van der Waals surface area (Å²) >= 11 is 0. The van der Waals surface area contributed by atoms with Crippen molar-refractivity contribution in [1.29, 1.82) is 0 Å². The number of benzene rings is 1. The largest absolute Gasteiger partial charge is 0.333 e. The Labute approximate surface area is 89.8 Å². The van der Waals surface area contributed by atoms with E-state index < -0.39 is 0 Å². The molecule has 0 fully saturated rings. The highest BCUT2D eigenvalue weighted by Gasteiger charge is 1.97. The van der Waals surface area contributed by atoms with Gasteiger partial charge in [0.2, 0.25) is 0 Å². The molecule has 1 aromatic carbocycles. The fraction of sp³-hybridized carbons (Fsp3) is 0.364. The first-order valence-corrected chi connectivity index (χ1v) is 5.08. The molecule has 0 atom stereocenters. The van der Waals surface area contributed by atoms with Gasteiger partial charge in [-0.25, -0.2) is 10.6 Å². The summed E-state index contributed by atoms with van der Waals surface area (Å²) in [5.41, 5.74) is 4.41. The monoisotopic (exact) mass is 207 g/mol.